The van der Waals surface area contributed by atoms with Gasteiger partial charge in [0.2, 0.25) is 0 Å². The van der Waals surface area contributed by atoms with Crippen molar-refractivity contribution in [3.63, 3.8) is 0 Å². The molecular weight excluding hydrogens is 310 g/mol. The fraction of sp³-hybridized carbons (Fsp3) is 0.471. The molecule has 0 radical (unpaired) electrons. The van der Waals surface area contributed by atoms with Gasteiger partial charge in [-0.05, 0) is 45.9 Å². The minimum absolute atomic E-state index is 0.0519. The molecule has 0 unspecified atom stereocenters. The zero-order chi connectivity index (χ0) is 17.7. The van der Waals surface area contributed by atoms with Gasteiger partial charge in [0.05, 0.1) is 24.4 Å². The van der Waals surface area contributed by atoms with Crippen LogP contribution in [0.3, 0.4) is 0 Å². The van der Waals surface area contributed by atoms with Gasteiger partial charge in [-0.1, -0.05) is 0 Å². The molecule has 0 bridgehead atoms. The van der Waals surface area contributed by atoms with Crippen LogP contribution in [0, 0.1) is 0 Å². The molecule has 0 saturated heterocycles. The van der Waals surface area contributed by atoms with Gasteiger partial charge >= 0.3 is 6.09 Å². The van der Waals surface area contributed by atoms with Crippen molar-refractivity contribution in [2.45, 2.75) is 39.3 Å². The van der Waals surface area contributed by atoms with E-state index in [0.29, 0.717) is 5.56 Å². The second-order valence-corrected chi connectivity index (χ2v) is 6.66. The number of H-pyrrole nitrogens is 1. The first-order chi connectivity index (χ1) is 11.2. The largest absolute Gasteiger partial charge is 0.444 e. The molecule has 130 valence electrons. The Balaban J connectivity index is 1.76. The number of aromatic nitrogens is 2. The molecule has 1 amide bonds. The van der Waals surface area contributed by atoms with Crippen molar-refractivity contribution in [1.29, 1.82) is 0 Å². The van der Waals surface area contributed by atoms with Crippen LogP contribution >= 0.6 is 0 Å². The Morgan fingerprint density at radius 2 is 2.08 bits per heavy atom. The van der Waals surface area contributed by atoms with E-state index in [1.165, 1.54) is 0 Å². The van der Waals surface area contributed by atoms with E-state index >= 15 is 0 Å². The summed E-state index contributed by atoms with van der Waals surface area (Å²) in [6.07, 6.45) is 1.16. The maximum atomic E-state index is 12.1. The number of carbonyl (C=O) groups is 2. The molecule has 1 atom stereocenters. The van der Waals surface area contributed by atoms with Crippen LogP contribution in [0.5, 0.6) is 0 Å². The molecular formula is C17H23N3O4. The van der Waals surface area contributed by atoms with Crippen molar-refractivity contribution in [2.24, 2.45) is 0 Å². The summed E-state index contributed by atoms with van der Waals surface area (Å²) in [6, 6.07) is 5.05. The average molecular weight is 333 g/mol. The fourth-order valence-electron chi connectivity index (χ4n) is 2.08. The third-order valence-electron chi connectivity index (χ3n) is 3.13. The maximum absolute atomic E-state index is 12.1. The monoisotopic (exact) mass is 333 g/mol. The number of nitrogens with one attached hydrogen (secondary N) is 2. The Bertz CT molecular complexity index is 718. The summed E-state index contributed by atoms with van der Waals surface area (Å²) in [5.74, 6) is -0.123. The molecule has 0 spiro atoms. The number of nitrogens with zero attached hydrogens (tertiary/aromatic N) is 1. The van der Waals surface area contributed by atoms with Crippen molar-refractivity contribution in [1.82, 2.24) is 15.5 Å². The molecule has 0 aliphatic carbocycles. The number of ketones is 1. The highest BCUT2D eigenvalue weighted by Gasteiger charge is 2.18. The zero-order valence-electron chi connectivity index (χ0n) is 14.4. The number of hydrogen-bond donors (Lipinski definition) is 2. The number of Topliss-reactive ketones (excluding diaryl/α,β-unsaturated/α-hetero) is 1. The smallest absolute Gasteiger partial charge is 0.407 e. The molecule has 1 aromatic heterocycles. The Labute approximate surface area is 140 Å². The third-order valence-corrected chi connectivity index (χ3v) is 3.13. The SMILES string of the molecule is C[C@H](COCC(=O)c1ccc2[nH]ncc2c1)NC(=O)OC(C)(C)C. The van der Waals surface area contributed by atoms with Crippen LogP contribution < -0.4 is 5.32 Å². The van der Waals surface area contributed by atoms with Gasteiger partial charge < -0.3 is 14.8 Å². The first-order valence-electron chi connectivity index (χ1n) is 7.78. The molecule has 2 N–H and O–H groups in total. The van der Waals surface area contributed by atoms with Gasteiger partial charge in [-0.2, -0.15) is 5.10 Å². The highest BCUT2D eigenvalue weighted by atomic mass is 16.6. The molecule has 2 rings (SSSR count). The predicted octanol–water partition coefficient (Wildman–Crippen LogP) is 2.68. The van der Waals surface area contributed by atoms with Crippen LogP contribution in [0.4, 0.5) is 4.79 Å². The van der Waals surface area contributed by atoms with Crippen molar-refractivity contribution in [3.05, 3.63) is 30.0 Å². The van der Waals surface area contributed by atoms with E-state index in [1.54, 1.807) is 46.0 Å². The average Bonchev–Trinajstić information content (AvgIpc) is 2.92. The van der Waals surface area contributed by atoms with E-state index in [-0.39, 0.29) is 25.0 Å². The first kappa shape index (κ1) is 17.9. The minimum atomic E-state index is -0.549. The minimum Gasteiger partial charge on any atom is -0.444 e. The van der Waals surface area contributed by atoms with E-state index in [0.717, 1.165) is 10.9 Å². The van der Waals surface area contributed by atoms with Crippen LogP contribution in [0.25, 0.3) is 10.9 Å². The summed E-state index contributed by atoms with van der Waals surface area (Å²) in [4.78, 5) is 23.8. The quantitative estimate of drug-likeness (QED) is 0.793. The highest BCUT2D eigenvalue weighted by molar-refractivity contribution is 6.00. The number of carbonyl (C=O) groups excluding carboxylic acids is 2. The van der Waals surface area contributed by atoms with Crippen molar-refractivity contribution in [3.8, 4) is 0 Å². The standard InChI is InChI=1S/C17H23N3O4/c1-11(19-16(22)24-17(2,3)4)9-23-10-15(21)12-5-6-14-13(7-12)8-18-20-14/h5-8,11H,9-10H2,1-4H3,(H,18,20)(H,19,22)/t11-/m1/s1. The second kappa shape index (κ2) is 7.44. The number of alkyl carbamates (subject to hydrolysis) is 1. The molecule has 0 aliphatic heterocycles. The van der Waals surface area contributed by atoms with Gasteiger partial charge in [0.1, 0.15) is 12.2 Å². The Hall–Kier alpha value is -2.41. The van der Waals surface area contributed by atoms with Crippen LogP contribution in [-0.4, -0.2) is 46.9 Å². The molecule has 24 heavy (non-hydrogen) atoms. The van der Waals surface area contributed by atoms with Crippen LogP contribution in [0.1, 0.15) is 38.1 Å². The number of aromatic amines is 1. The highest BCUT2D eigenvalue weighted by Crippen LogP contribution is 2.13. The lowest BCUT2D eigenvalue weighted by Gasteiger charge is -2.21. The maximum Gasteiger partial charge on any atom is 0.407 e. The number of amides is 1. The van der Waals surface area contributed by atoms with Gasteiger partial charge in [0, 0.05) is 10.9 Å². The molecule has 1 heterocycles. The van der Waals surface area contributed by atoms with Crippen molar-refractivity contribution in [2.75, 3.05) is 13.2 Å². The topological polar surface area (TPSA) is 93.3 Å². The Kier molecular flexibility index (Phi) is 5.56. The summed E-state index contributed by atoms with van der Waals surface area (Å²) < 4.78 is 10.5. The van der Waals surface area contributed by atoms with Gasteiger partial charge in [-0.25, -0.2) is 4.79 Å². The van der Waals surface area contributed by atoms with Crippen molar-refractivity contribution >= 4 is 22.8 Å². The first-order valence-corrected chi connectivity index (χ1v) is 7.78. The van der Waals surface area contributed by atoms with Gasteiger partial charge in [-0.15, -0.1) is 0 Å². The van der Waals surface area contributed by atoms with E-state index in [4.69, 9.17) is 9.47 Å². The summed E-state index contributed by atoms with van der Waals surface area (Å²) in [7, 11) is 0. The molecule has 0 fully saturated rings. The molecule has 0 saturated carbocycles. The summed E-state index contributed by atoms with van der Waals surface area (Å²) in [5.41, 5.74) is 0.895. The van der Waals surface area contributed by atoms with E-state index < -0.39 is 11.7 Å². The molecule has 2 aromatic rings. The fourth-order valence-corrected chi connectivity index (χ4v) is 2.08. The number of rotatable bonds is 6. The third kappa shape index (κ3) is 5.34. The van der Waals surface area contributed by atoms with Gasteiger partial charge in [-0.3, -0.25) is 9.89 Å². The van der Waals surface area contributed by atoms with Crippen molar-refractivity contribution < 1.29 is 19.1 Å². The Morgan fingerprint density at radius 3 is 2.79 bits per heavy atom. The van der Waals surface area contributed by atoms with E-state index in [2.05, 4.69) is 15.5 Å². The van der Waals surface area contributed by atoms with Gasteiger partial charge in [0.15, 0.2) is 5.78 Å². The van der Waals surface area contributed by atoms with Crippen LogP contribution in [0.15, 0.2) is 24.4 Å². The second-order valence-electron chi connectivity index (χ2n) is 6.66. The summed E-state index contributed by atoms with van der Waals surface area (Å²) >= 11 is 0. The number of benzene rings is 1. The lowest BCUT2D eigenvalue weighted by molar-refractivity contribution is 0.0451. The number of hydrogen-bond acceptors (Lipinski definition) is 5. The molecule has 0 aliphatic rings. The van der Waals surface area contributed by atoms with Crippen LogP contribution in [0.2, 0.25) is 0 Å². The summed E-state index contributed by atoms with van der Waals surface area (Å²) in [6.45, 7) is 7.34. The lowest BCUT2D eigenvalue weighted by Crippen LogP contribution is -2.40. The molecule has 7 heteroatoms. The normalized spacial score (nSPS) is 12.8. The zero-order valence-corrected chi connectivity index (χ0v) is 14.4. The molecule has 7 nitrogen and oxygen atoms in total. The molecule has 1 aromatic carbocycles. The predicted molar refractivity (Wildman–Crippen MR) is 90.1 cm³/mol. The van der Waals surface area contributed by atoms with E-state index in [9.17, 15) is 9.59 Å². The number of fused-ring (bicyclic) bond motifs is 1. The van der Waals surface area contributed by atoms with E-state index in [1.807, 2.05) is 6.07 Å². The Morgan fingerprint density at radius 1 is 1.33 bits per heavy atom. The number of ether oxygens (including phenoxy) is 2. The lowest BCUT2D eigenvalue weighted by atomic mass is 10.1. The van der Waals surface area contributed by atoms with Gasteiger partial charge in [0.25, 0.3) is 0 Å². The van der Waals surface area contributed by atoms with Crippen LogP contribution in [-0.2, 0) is 9.47 Å². The summed E-state index contributed by atoms with van der Waals surface area (Å²) in [5, 5.41) is 10.3.